The largest absolute Gasteiger partial charge is 0.493 e. The van der Waals surface area contributed by atoms with E-state index in [4.69, 9.17) is 25.7 Å². The molecule has 0 saturated carbocycles. The van der Waals surface area contributed by atoms with Gasteiger partial charge in [-0.15, -0.1) is 5.10 Å². The zero-order valence-corrected chi connectivity index (χ0v) is 9.27. The second kappa shape index (κ2) is 4.60. The lowest BCUT2D eigenvalue weighted by molar-refractivity contribution is -0.456. The smallest absolute Gasteiger partial charge is 0.256 e. The van der Waals surface area contributed by atoms with Crippen LogP contribution in [0.15, 0.2) is 17.2 Å². The summed E-state index contributed by atoms with van der Waals surface area (Å²) in [6.45, 7) is 0.191. The van der Waals surface area contributed by atoms with Gasteiger partial charge in [-0.05, 0) is 12.1 Å². The van der Waals surface area contributed by atoms with Crippen molar-refractivity contribution in [1.29, 1.82) is 0 Å². The van der Waals surface area contributed by atoms with Crippen molar-refractivity contribution in [3.05, 3.63) is 17.7 Å². The lowest BCUT2D eigenvalue weighted by Crippen LogP contribution is -2.63. The zero-order valence-electron chi connectivity index (χ0n) is 9.27. The number of guanidine groups is 1. The van der Waals surface area contributed by atoms with Crippen LogP contribution in [0.5, 0.6) is 17.2 Å². The summed E-state index contributed by atoms with van der Waals surface area (Å²) >= 11 is 0. The first-order valence-corrected chi connectivity index (χ1v) is 4.85. The van der Waals surface area contributed by atoms with Crippen molar-refractivity contribution in [3.8, 4) is 17.2 Å². The Balaban J connectivity index is 2.30. The van der Waals surface area contributed by atoms with Crippen LogP contribution in [0.1, 0.15) is 5.56 Å². The monoisotopic (exact) mass is 237 g/mol. The molecule has 0 spiro atoms. The molecule has 1 heterocycles. The van der Waals surface area contributed by atoms with Gasteiger partial charge in [-0.1, -0.05) is 0 Å². The minimum Gasteiger partial charge on any atom is -0.493 e. The lowest BCUT2D eigenvalue weighted by atomic mass is 10.2. The maximum atomic E-state index is 5.27. The topological polar surface area (TPSA) is 106 Å². The van der Waals surface area contributed by atoms with Gasteiger partial charge in [0.25, 0.3) is 5.96 Å². The van der Waals surface area contributed by atoms with Crippen molar-refractivity contribution in [2.45, 2.75) is 0 Å². The average molecular weight is 237 g/mol. The summed E-state index contributed by atoms with van der Waals surface area (Å²) in [6, 6.07) is 3.57. The molecular formula is C10H13N4O3+. The molecular weight excluding hydrogens is 224 g/mol. The number of nitrogens with zero attached hydrogens (tertiary/aromatic N) is 1. The van der Waals surface area contributed by atoms with Crippen molar-refractivity contribution < 1.29 is 19.3 Å². The number of methoxy groups -OCH3 is 1. The number of fused-ring (bicyclic) bond motifs is 1. The lowest BCUT2D eigenvalue weighted by Gasteiger charge is -2.04. The molecule has 0 fully saturated rings. The van der Waals surface area contributed by atoms with Gasteiger partial charge >= 0.3 is 0 Å². The van der Waals surface area contributed by atoms with Gasteiger partial charge in [-0.25, -0.2) is 0 Å². The molecule has 17 heavy (non-hydrogen) atoms. The predicted molar refractivity (Wildman–Crippen MR) is 61.1 cm³/mol. The number of nitrogens with two attached hydrogens (primary N) is 2. The predicted octanol–water partition coefficient (Wildman–Crippen LogP) is -1.89. The first-order valence-electron chi connectivity index (χ1n) is 4.85. The van der Waals surface area contributed by atoms with E-state index in [1.807, 2.05) is 0 Å². The van der Waals surface area contributed by atoms with Crippen LogP contribution < -0.4 is 30.8 Å². The molecule has 0 saturated heterocycles. The zero-order chi connectivity index (χ0) is 12.3. The van der Waals surface area contributed by atoms with Crippen molar-refractivity contribution in [1.82, 2.24) is 0 Å². The van der Waals surface area contributed by atoms with Crippen LogP contribution in [0.3, 0.4) is 0 Å². The highest BCUT2D eigenvalue weighted by molar-refractivity contribution is 5.79. The summed E-state index contributed by atoms with van der Waals surface area (Å²) < 4.78 is 15.7. The summed E-state index contributed by atoms with van der Waals surface area (Å²) in [7, 11) is 1.56. The Kier molecular flexibility index (Phi) is 2.99. The number of hydrogen-bond acceptors (Lipinski definition) is 4. The van der Waals surface area contributed by atoms with Gasteiger partial charge in [0.05, 0.1) is 7.11 Å². The third kappa shape index (κ3) is 2.39. The van der Waals surface area contributed by atoms with Crippen LogP contribution in [0, 0.1) is 0 Å². The van der Waals surface area contributed by atoms with E-state index < -0.39 is 0 Å². The van der Waals surface area contributed by atoms with Gasteiger partial charge in [-0.3, -0.25) is 0 Å². The molecule has 7 nitrogen and oxygen atoms in total. The van der Waals surface area contributed by atoms with Crippen LogP contribution in [0.2, 0.25) is 0 Å². The molecule has 0 radical (unpaired) electrons. The summed E-state index contributed by atoms with van der Waals surface area (Å²) in [5, 5.41) is 6.23. The molecule has 0 aliphatic carbocycles. The number of benzene rings is 1. The first-order chi connectivity index (χ1) is 8.20. The Hall–Kier alpha value is -2.44. The summed E-state index contributed by atoms with van der Waals surface area (Å²) in [5.74, 6) is 1.78. The third-order valence-electron chi connectivity index (χ3n) is 2.11. The number of hydrazone groups is 1. The molecule has 0 aromatic heterocycles. The molecule has 0 unspecified atom stereocenters. The van der Waals surface area contributed by atoms with Crippen molar-refractivity contribution >= 4 is 12.2 Å². The fourth-order valence-electron chi connectivity index (χ4n) is 1.41. The Morgan fingerprint density at radius 1 is 1.47 bits per heavy atom. The molecule has 0 amide bonds. The van der Waals surface area contributed by atoms with Gasteiger partial charge in [0.15, 0.2) is 11.5 Å². The van der Waals surface area contributed by atoms with E-state index in [0.717, 1.165) is 5.56 Å². The Morgan fingerprint density at radius 3 is 3.00 bits per heavy atom. The van der Waals surface area contributed by atoms with Gasteiger partial charge < -0.3 is 25.7 Å². The van der Waals surface area contributed by atoms with Crippen LogP contribution in [-0.4, -0.2) is 26.1 Å². The normalized spacial score (nSPS) is 12.8. The summed E-state index contributed by atoms with van der Waals surface area (Å²) in [5.41, 5.74) is 11.2. The molecule has 1 aliphatic rings. The van der Waals surface area contributed by atoms with Gasteiger partial charge in [0.2, 0.25) is 18.8 Å². The maximum Gasteiger partial charge on any atom is 0.256 e. The fraction of sp³-hybridized carbons (Fsp3) is 0.200. The molecule has 2 rings (SSSR count). The molecule has 1 aromatic rings. The quantitative estimate of drug-likeness (QED) is 0.324. The van der Waals surface area contributed by atoms with Crippen molar-refractivity contribution in [2.75, 3.05) is 13.9 Å². The highest BCUT2D eigenvalue weighted by atomic mass is 16.7. The Morgan fingerprint density at radius 2 is 2.29 bits per heavy atom. The highest BCUT2D eigenvalue weighted by Crippen LogP contribution is 2.41. The van der Waals surface area contributed by atoms with E-state index in [2.05, 4.69) is 10.2 Å². The van der Waals surface area contributed by atoms with E-state index in [1.165, 1.54) is 0 Å². The van der Waals surface area contributed by atoms with Crippen molar-refractivity contribution in [2.24, 2.45) is 16.6 Å². The van der Waals surface area contributed by atoms with Crippen LogP contribution in [0.4, 0.5) is 0 Å². The Bertz CT molecular complexity index is 481. The van der Waals surface area contributed by atoms with E-state index >= 15 is 0 Å². The summed E-state index contributed by atoms with van der Waals surface area (Å²) in [6.07, 6.45) is 1.62. The van der Waals surface area contributed by atoms with Gasteiger partial charge in [-0.2, -0.15) is 0 Å². The van der Waals surface area contributed by atoms with E-state index in [0.29, 0.717) is 17.2 Å². The SMILES string of the molecule is COc1cc(/C=[NH+]\N=C(N)N)cc2c1OCO2. The standard InChI is InChI=1S/C10H12N4O3/c1-15-7-2-6(4-13-14-10(11)12)3-8-9(7)17-5-16-8/h2-4H,5H2,1H3,(H4,11,12,14)/p+1/b13-4-. The minimum absolute atomic E-state index is 0.0473. The molecule has 0 bridgehead atoms. The second-order valence-electron chi connectivity index (χ2n) is 3.27. The van der Waals surface area contributed by atoms with Gasteiger partial charge in [0, 0.05) is 10.7 Å². The number of rotatable bonds is 3. The van der Waals surface area contributed by atoms with E-state index in [-0.39, 0.29) is 12.8 Å². The maximum absolute atomic E-state index is 5.27. The van der Waals surface area contributed by atoms with Crippen molar-refractivity contribution in [3.63, 3.8) is 0 Å². The molecule has 5 N–H and O–H groups in total. The molecule has 0 atom stereocenters. The average Bonchev–Trinajstić information content (AvgIpc) is 2.75. The molecule has 7 heteroatoms. The number of nitrogens with one attached hydrogen (secondary N) is 1. The number of hydrogen-bond donors (Lipinski definition) is 3. The highest BCUT2D eigenvalue weighted by Gasteiger charge is 2.20. The fourth-order valence-corrected chi connectivity index (χ4v) is 1.41. The Labute approximate surface area is 97.7 Å². The van der Waals surface area contributed by atoms with E-state index in [1.54, 1.807) is 25.5 Å². The van der Waals surface area contributed by atoms with Crippen LogP contribution >= 0.6 is 0 Å². The summed E-state index contributed by atoms with van der Waals surface area (Å²) in [4.78, 5) is 0. The molecule has 1 aliphatic heterocycles. The molecule has 90 valence electrons. The van der Waals surface area contributed by atoms with Crippen LogP contribution in [0.25, 0.3) is 0 Å². The third-order valence-corrected chi connectivity index (χ3v) is 2.11. The molecule has 1 aromatic carbocycles. The van der Waals surface area contributed by atoms with Gasteiger partial charge in [0.1, 0.15) is 0 Å². The number of ether oxygens (including phenoxy) is 3. The second-order valence-corrected chi connectivity index (χ2v) is 3.27. The van der Waals surface area contributed by atoms with Crippen LogP contribution in [-0.2, 0) is 0 Å². The first kappa shape index (κ1) is 11.1. The van der Waals surface area contributed by atoms with E-state index in [9.17, 15) is 0 Å². The minimum atomic E-state index is -0.0473.